The van der Waals surface area contributed by atoms with Crippen molar-refractivity contribution in [3.05, 3.63) is 61.9 Å². The predicted octanol–water partition coefficient (Wildman–Crippen LogP) is 5.18. The molecule has 1 aliphatic carbocycles. The fourth-order valence-corrected chi connectivity index (χ4v) is 4.68. The number of hydrogen-bond acceptors (Lipinski definition) is 2. The maximum Gasteiger partial charge on any atom is 0.0646 e. The van der Waals surface area contributed by atoms with E-state index in [2.05, 4.69) is 75.8 Å². The quantitative estimate of drug-likeness (QED) is 0.532. The molecule has 0 fully saturated rings. The van der Waals surface area contributed by atoms with Crippen LogP contribution in [0.4, 0.5) is 5.69 Å². The van der Waals surface area contributed by atoms with Crippen LogP contribution >= 0.6 is 33.9 Å². The Labute approximate surface area is 130 Å². The zero-order valence-electron chi connectivity index (χ0n) is 10.3. The zero-order chi connectivity index (χ0) is 12.8. The Hall–Kier alpha value is -0.810. The minimum atomic E-state index is 0.465. The van der Waals surface area contributed by atoms with Gasteiger partial charge in [-0.3, -0.25) is 0 Å². The van der Waals surface area contributed by atoms with E-state index in [4.69, 9.17) is 0 Å². The first-order valence-corrected chi connectivity index (χ1v) is 8.55. The molecule has 19 heavy (non-hydrogen) atoms. The predicted molar refractivity (Wildman–Crippen MR) is 89.8 cm³/mol. The van der Waals surface area contributed by atoms with Gasteiger partial charge in [-0.2, -0.15) is 0 Å². The molecule has 3 atom stereocenters. The van der Waals surface area contributed by atoms with Crippen LogP contribution in [0.25, 0.3) is 0 Å². The summed E-state index contributed by atoms with van der Waals surface area (Å²) in [5, 5.41) is 5.94. The van der Waals surface area contributed by atoms with Crippen LogP contribution in [0.3, 0.4) is 0 Å². The molecule has 0 radical (unpaired) electrons. The van der Waals surface area contributed by atoms with Crippen molar-refractivity contribution in [2.45, 2.75) is 18.4 Å². The van der Waals surface area contributed by atoms with Gasteiger partial charge in [0.2, 0.25) is 0 Å². The molecule has 1 aromatic heterocycles. The Bertz CT molecular complexity index is 632. The summed E-state index contributed by atoms with van der Waals surface area (Å²) in [6, 6.07) is 11.6. The maximum atomic E-state index is 3.77. The van der Waals surface area contributed by atoms with E-state index in [9.17, 15) is 0 Å². The van der Waals surface area contributed by atoms with E-state index in [1.54, 1.807) is 0 Å². The van der Waals surface area contributed by atoms with E-state index in [0.29, 0.717) is 17.9 Å². The van der Waals surface area contributed by atoms with Gasteiger partial charge in [0.15, 0.2) is 0 Å². The molecule has 1 aliphatic heterocycles. The SMILES string of the molecule is Ic1ccc2c(c1)C1C=CCC1C(c1cccs1)N2. The first-order valence-electron chi connectivity index (χ1n) is 6.59. The minimum absolute atomic E-state index is 0.465. The summed E-state index contributed by atoms with van der Waals surface area (Å²) < 4.78 is 1.33. The number of fused-ring (bicyclic) bond motifs is 3. The molecule has 0 saturated carbocycles. The highest BCUT2D eigenvalue weighted by Crippen LogP contribution is 2.50. The summed E-state index contributed by atoms with van der Waals surface area (Å²) in [5.41, 5.74) is 2.78. The Morgan fingerprint density at radius 2 is 2.21 bits per heavy atom. The highest BCUT2D eigenvalue weighted by Gasteiger charge is 2.38. The summed E-state index contributed by atoms with van der Waals surface area (Å²) in [5.74, 6) is 1.25. The fourth-order valence-electron chi connectivity index (χ4n) is 3.32. The lowest BCUT2D eigenvalue weighted by Gasteiger charge is -2.36. The second-order valence-electron chi connectivity index (χ2n) is 5.22. The second kappa shape index (κ2) is 4.63. The largest absolute Gasteiger partial charge is 0.377 e. The van der Waals surface area contributed by atoms with Crippen molar-refractivity contribution in [3.8, 4) is 0 Å². The number of hydrogen-bond donors (Lipinski definition) is 1. The lowest BCUT2D eigenvalue weighted by atomic mass is 9.79. The third-order valence-corrected chi connectivity index (χ3v) is 5.80. The summed E-state index contributed by atoms with van der Waals surface area (Å²) in [7, 11) is 0. The molecular weight excluding hydrogens is 365 g/mol. The van der Waals surface area contributed by atoms with Crippen LogP contribution in [-0.2, 0) is 0 Å². The minimum Gasteiger partial charge on any atom is -0.377 e. The molecule has 0 amide bonds. The molecule has 0 spiro atoms. The molecule has 2 aromatic rings. The van der Waals surface area contributed by atoms with Crippen molar-refractivity contribution in [2.24, 2.45) is 5.92 Å². The maximum absolute atomic E-state index is 3.77. The van der Waals surface area contributed by atoms with Gasteiger partial charge in [0.1, 0.15) is 0 Å². The van der Waals surface area contributed by atoms with Crippen molar-refractivity contribution in [2.75, 3.05) is 5.32 Å². The first-order chi connectivity index (χ1) is 9.33. The van der Waals surface area contributed by atoms with E-state index in [1.807, 2.05) is 11.3 Å². The lowest BCUT2D eigenvalue weighted by molar-refractivity contribution is 0.430. The number of nitrogens with one attached hydrogen (secondary N) is 1. The summed E-state index contributed by atoms with van der Waals surface area (Å²) in [6.45, 7) is 0. The van der Waals surface area contributed by atoms with Gasteiger partial charge in [-0.15, -0.1) is 11.3 Å². The van der Waals surface area contributed by atoms with Crippen molar-refractivity contribution in [1.82, 2.24) is 0 Å². The molecule has 2 heterocycles. The number of rotatable bonds is 1. The smallest absolute Gasteiger partial charge is 0.0646 e. The van der Waals surface area contributed by atoms with Gasteiger partial charge in [-0.1, -0.05) is 18.2 Å². The fraction of sp³-hybridized carbons (Fsp3) is 0.250. The van der Waals surface area contributed by atoms with Gasteiger partial charge in [0.05, 0.1) is 6.04 Å². The highest BCUT2D eigenvalue weighted by atomic mass is 127. The summed E-state index contributed by atoms with van der Waals surface area (Å²) in [4.78, 5) is 1.46. The van der Waals surface area contributed by atoms with Crippen LogP contribution in [0.5, 0.6) is 0 Å². The van der Waals surface area contributed by atoms with Crippen LogP contribution in [0, 0.1) is 9.49 Å². The molecule has 3 unspecified atom stereocenters. The number of allylic oxidation sites excluding steroid dienone is 2. The molecule has 96 valence electrons. The van der Waals surface area contributed by atoms with Gasteiger partial charge >= 0.3 is 0 Å². The third-order valence-electron chi connectivity index (χ3n) is 4.17. The van der Waals surface area contributed by atoms with Gasteiger partial charge in [-0.25, -0.2) is 0 Å². The molecule has 1 aromatic carbocycles. The molecule has 3 heteroatoms. The van der Waals surface area contributed by atoms with Crippen LogP contribution in [-0.4, -0.2) is 0 Å². The van der Waals surface area contributed by atoms with Crippen molar-refractivity contribution in [3.63, 3.8) is 0 Å². The van der Waals surface area contributed by atoms with E-state index in [1.165, 1.54) is 26.1 Å². The molecule has 1 N–H and O–H groups in total. The average Bonchev–Trinajstić information content (AvgIpc) is 3.09. The highest BCUT2D eigenvalue weighted by molar-refractivity contribution is 14.1. The van der Waals surface area contributed by atoms with Crippen LogP contribution < -0.4 is 5.32 Å². The molecule has 1 nitrogen and oxygen atoms in total. The second-order valence-corrected chi connectivity index (χ2v) is 7.45. The van der Waals surface area contributed by atoms with Gasteiger partial charge < -0.3 is 5.32 Å². The lowest BCUT2D eigenvalue weighted by Crippen LogP contribution is -2.28. The zero-order valence-corrected chi connectivity index (χ0v) is 13.3. The van der Waals surface area contributed by atoms with Crippen molar-refractivity contribution >= 4 is 39.6 Å². The standard InChI is InChI=1S/C16H14INS/c17-10-6-7-14-13(9-10)11-3-1-4-12(11)16(18-14)15-5-2-8-19-15/h1-3,5-9,11-12,16,18H,4H2. The molecule has 4 rings (SSSR count). The average molecular weight is 379 g/mol. The number of anilines is 1. The van der Waals surface area contributed by atoms with Crippen molar-refractivity contribution in [1.29, 1.82) is 0 Å². The molecule has 0 bridgehead atoms. The third kappa shape index (κ3) is 1.94. The number of thiophene rings is 1. The van der Waals surface area contributed by atoms with Crippen LogP contribution in [0.1, 0.15) is 28.8 Å². The van der Waals surface area contributed by atoms with E-state index < -0.39 is 0 Å². The summed E-state index contributed by atoms with van der Waals surface area (Å²) >= 11 is 4.27. The Kier molecular flexibility index (Phi) is 2.92. The van der Waals surface area contributed by atoms with Gasteiger partial charge in [0.25, 0.3) is 0 Å². The van der Waals surface area contributed by atoms with Crippen LogP contribution in [0.2, 0.25) is 0 Å². The van der Waals surface area contributed by atoms with Gasteiger partial charge in [-0.05, 0) is 70.1 Å². The van der Waals surface area contributed by atoms with E-state index in [0.717, 1.165) is 0 Å². The molecular formula is C16H14INS. The first kappa shape index (κ1) is 12.0. The molecule has 0 saturated heterocycles. The van der Waals surface area contributed by atoms with E-state index in [-0.39, 0.29) is 0 Å². The monoisotopic (exact) mass is 379 g/mol. The number of benzene rings is 1. The summed E-state index contributed by atoms with van der Waals surface area (Å²) in [6.07, 6.45) is 5.94. The van der Waals surface area contributed by atoms with E-state index >= 15 is 0 Å². The number of halogens is 1. The van der Waals surface area contributed by atoms with Crippen molar-refractivity contribution < 1.29 is 0 Å². The Balaban J connectivity index is 1.82. The van der Waals surface area contributed by atoms with Gasteiger partial charge in [0, 0.05) is 20.1 Å². The topological polar surface area (TPSA) is 12.0 Å². The Morgan fingerprint density at radius 1 is 1.26 bits per heavy atom. The Morgan fingerprint density at radius 3 is 3.05 bits per heavy atom. The molecule has 2 aliphatic rings. The van der Waals surface area contributed by atoms with Crippen LogP contribution in [0.15, 0.2) is 47.9 Å². The normalized spacial score (nSPS) is 27.7.